The first-order valence-electron chi connectivity index (χ1n) is 6.42. The smallest absolute Gasteiger partial charge is 0.303 e. The van der Waals surface area contributed by atoms with E-state index in [9.17, 15) is 9.59 Å². The molecule has 2 N–H and O–H groups in total. The van der Waals surface area contributed by atoms with Gasteiger partial charge in [0.2, 0.25) is 5.91 Å². The largest absolute Gasteiger partial charge is 0.481 e. The number of amides is 1. The summed E-state index contributed by atoms with van der Waals surface area (Å²) in [5, 5.41) is 12.3. The molecule has 0 radical (unpaired) electrons. The van der Waals surface area contributed by atoms with Gasteiger partial charge in [-0.3, -0.25) is 9.59 Å². The lowest BCUT2D eigenvalue weighted by atomic mass is 10.1. The minimum atomic E-state index is -0.832. The van der Waals surface area contributed by atoms with Gasteiger partial charge in [-0.25, -0.2) is 0 Å². The predicted octanol–water partition coefficient (Wildman–Crippen LogP) is 3.30. The van der Waals surface area contributed by atoms with E-state index in [1.165, 1.54) is 0 Å². The van der Waals surface area contributed by atoms with Gasteiger partial charge in [0.15, 0.2) is 0 Å². The normalized spacial score (nSPS) is 10.3. The van der Waals surface area contributed by atoms with Crippen molar-refractivity contribution in [3.63, 3.8) is 0 Å². The highest BCUT2D eigenvalue weighted by Crippen LogP contribution is 2.25. The third kappa shape index (κ3) is 6.26. The number of carboxylic acid groups (broad SMARTS) is 1. The van der Waals surface area contributed by atoms with Gasteiger partial charge in [0.05, 0.1) is 10.0 Å². The van der Waals surface area contributed by atoms with Crippen LogP contribution in [0.15, 0.2) is 18.2 Å². The number of halogens is 2. The standard InChI is InChI=1S/C14H17Cl2NO3/c15-11-5-3-4-10(14(11)16)8-9-17-12(18)6-1-2-7-13(19)20/h3-5H,1-2,6-9H2,(H,17,18)(H,19,20). The summed E-state index contributed by atoms with van der Waals surface area (Å²) in [6.07, 6.45) is 2.15. The van der Waals surface area contributed by atoms with Crippen molar-refractivity contribution in [2.45, 2.75) is 32.1 Å². The molecule has 20 heavy (non-hydrogen) atoms. The molecule has 6 heteroatoms. The Morgan fingerprint density at radius 1 is 1.15 bits per heavy atom. The molecule has 0 unspecified atom stereocenters. The van der Waals surface area contributed by atoms with Crippen molar-refractivity contribution < 1.29 is 14.7 Å². The van der Waals surface area contributed by atoms with Gasteiger partial charge in [-0.05, 0) is 30.9 Å². The van der Waals surface area contributed by atoms with Crippen molar-refractivity contribution in [1.29, 1.82) is 0 Å². The summed E-state index contributed by atoms with van der Waals surface area (Å²) in [7, 11) is 0. The molecule has 0 spiro atoms. The number of hydrogen-bond donors (Lipinski definition) is 2. The fraction of sp³-hybridized carbons (Fsp3) is 0.429. The Labute approximate surface area is 128 Å². The van der Waals surface area contributed by atoms with E-state index in [0.717, 1.165) is 5.56 Å². The number of nitrogens with one attached hydrogen (secondary N) is 1. The summed E-state index contributed by atoms with van der Waals surface area (Å²) in [5.41, 5.74) is 0.894. The molecule has 0 aromatic heterocycles. The molecule has 110 valence electrons. The maximum Gasteiger partial charge on any atom is 0.303 e. The Bertz CT molecular complexity index is 477. The van der Waals surface area contributed by atoms with E-state index >= 15 is 0 Å². The van der Waals surface area contributed by atoms with Crippen LogP contribution in [0.25, 0.3) is 0 Å². The number of hydrogen-bond acceptors (Lipinski definition) is 2. The molecule has 4 nitrogen and oxygen atoms in total. The van der Waals surface area contributed by atoms with E-state index in [1.54, 1.807) is 6.07 Å². The van der Waals surface area contributed by atoms with Crippen LogP contribution < -0.4 is 5.32 Å². The third-order valence-corrected chi connectivity index (χ3v) is 3.65. The average molecular weight is 318 g/mol. The molecule has 0 saturated heterocycles. The summed E-state index contributed by atoms with van der Waals surface area (Å²) in [4.78, 5) is 21.8. The SMILES string of the molecule is O=C(O)CCCCC(=O)NCCc1cccc(Cl)c1Cl. The predicted molar refractivity (Wildman–Crippen MR) is 79.3 cm³/mol. The zero-order chi connectivity index (χ0) is 15.0. The Morgan fingerprint density at radius 2 is 1.85 bits per heavy atom. The summed E-state index contributed by atoms with van der Waals surface area (Å²) >= 11 is 11.9. The van der Waals surface area contributed by atoms with Gasteiger partial charge >= 0.3 is 5.97 Å². The molecule has 1 aromatic carbocycles. The molecule has 0 fully saturated rings. The average Bonchev–Trinajstić information content (AvgIpc) is 2.39. The summed E-state index contributed by atoms with van der Waals surface area (Å²) in [5.74, 6) is -0.908. The second-order valence-corrected chi connectivity index (χ2v) is 5.20. The van der Waals surface area contributed by atoms with E-state index in [0.29, 0.717) is 42.3 Å². The van der Waals surface area contributed by atoms with Crippen LogP contribution >= 0.6 is 23.2 Å². The molecule has 0 saturated carbocycles. The van der Waals surface area contributed by atoms with Crippen molar-refractivity contribution in [3.05, 3.63) is 33.8 Å². The van der Waals surface area contributed by atoms with Crippen LogP contribution in [0.4, 0.5) is 0 Å². The second-order valence-electron chi connectivity index (χ2n) is 4.41. The van der Waals surface area contributed by atoms with Crippen molar-refractivity contribution in [3.8, 4) is 0 Å². The van der Waals surface area contributed by atoms with Crippen LogP contribution in [-0.2, 0) is 16.0 Å². The van der Waals surface area contributed by atoms with E-state index in [4.69, 9.17) is 28.3 Å². The molecule has 0 bridgehead atoms. The molecule has 0 aliphatic rings. The van der Waals surface area contributed by atoms with Crippen LogP contribution in [0.1, 0.15) is 31.2 Å². The van der Waals surface area contributed by atoms with Gasteiger partial charge in [0.1, 0.15) is 0 Å². The first-order valence-corrected chi connectivity index (χ1v) is 7.17. The minimum Gasteiger partial charge on any atom is -0.481 e. The van der Waals surface area contributed by atoms with Crippen LogP contribution in [0.2, 0.25) is 10.0 Å². The van der Waals surface area contributed by atoms with Crippen LogP contribution in [0.3, 0.4) is 0 Å². The molecular formula is C14H17Cl2NO3. The topological polar surface area (TPSA) is 66.4 Å². The molecule has 1 amide bonds. The van der Waals surface area contributed by atoms with Gasteiger partial charge in [-0.15, -0.1) is 0 Å². The van der Waals surface area contributed by atoms with Gasteiger partial charge in [-0.1, -0.05) is 35.3 Å². The maximum atomic E-state index is 11.5. The van der Waals surface area contributed by atoms with E-state index in [1.807, 2.05) is 12.1 Å². The monoisotopic (exact) mass is 317 g/mol. The fourth-order valence-electron chi connectivity index (χ4n) is 1.73. The lowest BCUT2D eigenvalue weighted by molar-refractivity contribution is -0.137. The Kier molecular flexibility index (Phi) is 7.41. The van der Waals surface area contributed by atoms with Crippen molar-refractivity contribution in [1.82, 2.24) is 5.32 Å². The minimum absolute atomic E-state index is 0.0754. The van der Waals surface area contributed by atoms with Crippen LogP contribution in [-0.4, -0.2) is 23.5 Å². The second kappa shape index (κ2) is 8.82. The van der Waals surface area contributed by atoms with E-state index in [2.05, 4.69) is 5.32 Å². The van der Waals surface area contributed by atoms with Crippen molar-refractivity contribution in [2.75, 3.05) is 6.54 Å². The zero-order valence-electron chi connectivity index (χ0n) is 11.0. The maximum absolute atomic E-state index is 11.5. The number of aliphatic carboxylic acids is 1. The lowest BCUT2D eigenvalue weighted by Gasteiger charge is -2.07. The molecule has 0 heterocycles. The highest BCUT2D eigenvalue weighted by molar-refractivity contribution is 6.42. The Balaban J connectivity index is 2.22. The molecule has 0 aliphatic heterocycles. The third-order valence-electron chi connectivity index (χ3n) is 2.79. The van der Waals surface area contributed by atoms with Crippen molar-refractivity contribution in [2.24, 2.45) is 0 Å². The number of unbranched alkanes of at least 4 members (excludes halogenated alkanes) is 1. The first kappa shape index (κ1) is 16.8. The van der Waals surface area contributed by atoms with Gasteiger partial charge in [0, 0.05) is 19.4 Å². The van der Waals surface area contributed by atoms with Crippen LogP contribution in [0, 0.1) is 0 Å². The lowest BCUT2D eigenvalue weighted by Crippen LogP contribution is -2.25. The van der Waals surface area contributed by atoms with Gasteiger partial charge in [-0.2, -0.15) is 0 Å². The number of carbonyl (C=O) groups excluding carboxylic acids is 1. The number of carboxylic acids is 1. The number of carbonyl (C=O) groups is 2. The van der Waals surface area contributed by atoms with E-state index in [-0.39, 0.29) is 12.3 Å². The Hall–Kier alpha value is -1.26. The fourth-order valence-corrected chi connectivity index (χ4v) is 2.14. The first-order chi connectivity index (χ1) is 9.50. The summed E-state index contributed by atoms with van der Waals surface area (Å²) < 4.78 is 0. The highest BCUT2D eigenvalue weighted by Gasteiger charge is 2.06. The Morgan fingerprint density at radius 3 is 2.55 bits per heavy atom. The molecule has 0 aliphatic carbocycles. The number of rotatable bonds is 8. The van der Waals surface area contributed by atoms with Gasteiger partial charge < -0.3 is 10.4 Å². The molecule has 1 aromatic rings. The van der Waals surface area contributed by atoms with Crippen LogP contribution in [0.5, 0.6) is 0 Å². The highest BCUT2D eigenvalue weighted by atomic mass is 35.5. The van der Waals surface area contributed by atoms with Gasteiger partial charge in [0.25, 0.3) is 0 Å². The zero-order valence-corrected chi connectivity index (χ0v) is 12.5. The summed E-state index contributed by atoms with van der Waals surface area (Å²) in [6.45, 7) is 0.484. The molecule has 0 atom stereocenters. The summed E-state index contributed by atoms with van der Waals surface area (Å²) in [6, 6.07) is 5.40. The molecular weight excluding hydrogens is 301 g/mol. The van der Waals surface area contributed by atoms with Crippen molar-refractivity contribution >= 4 is 35.1 Å². The molecule has 1 rings (SSSR count). The quantitative estimate of drug-likeness (QED) is 0.723. The van der Waals surface area contributed by atoms with E-state index < -0.39 is 5.97 Å². The number of benzene rings is 1.